The van der Waals surface area contributed by atoms with Crippen molar-refractivity contribution in [2.45, 2.75) is 32.4 Å². The Morgan fingerprint density at radius 3 is 2.70 bits per heavy atom. The predicted octanol–water partition coefficient (Wildman–Crippen LogP) is 2.24. The van der Waals surface area contributed by atoms with E-state index in [9.17, 15) is 9.59 Å². The maximum absolute atomic E-state index is 11.9. The Bertz CT molecular complexity index is 698. The first-order valence-corrected chi connectivity index (χ1v) is 7.55. The number of urea groups is 1. The molecule has 7 nitrogen and oxygen atoms in total. The van der Waals surface area contributed by atoms with Crippen molar-refractivity contribution in [1.29, 1.82) is 0 Å². The summed E-state index contributed by atoms with van der Waals surface area (Å²) in [5.74, 6) is -0.411. The summed E-state index contributed by atoms with van der Waals surface area (Å²) < 4.78 is 1.93. The van der Waals surface area contributed by atoms with E-state index in [4.69, 9.17) is 5.11 Å². The molecule has 2 heterocycles. The van der Waals surface area contributed by atoms with Gasteiger partial charge in [-0.3, -0.25) is 10.00 Å². The van der Waals surface area contributed by atoms with Gasteiger partial charge in [-0.05, 0) is 37.0 Å². The van der Waals surface area contributed by atoms with E-state index >= 15 is 0 Å². The number of hydrogen-bond acceptors (Lipinski definition) is 3. The summed E-state index contributed by atoms with van der Waals surface area (Å²) in [6.45, 7) is 1.22. The zero-order valence-electron chi connectivity index (χ0n) is 12.6. The summed E-state index contributed by atoms with van der Waals surface area (Å²) >= 11 is 0. The Hall–Kier alpha value is -2.83. The number of carbonyl (C=O) groups excluding carboxylic acids is 1. The Morgan fingerprint density at radius 2 is 2.00 bits per heavy atom. The van der Waals surface area contributed by atoms with Crippen molar-refractivity contribution >= 4 is 17.8 Å². The quantitative estimate of drug-likeness (QED) is 0.806. The van der Waals surface area contributed by atoms with Crippen LogP contribution in [-0.2, 0) is 19.5 Å². The van der Waals surface area contributed by atoms with Crippen molar-refractivity contribution in [3.05, 3.63) is 47.2 Å². The molecule has 1 aliphatic rings. The smallest absolute Gasteiger partial charge is 0.335 e. The second kappa shape index (κ2) is 6.51. The van der Waals surface area contributed by atoms with Gasteiger partial charge in [0.1, 0.15) is 0 Å². The fourth-order valence-corrected chi connectivity index (χ4v) is 2.59. The fourth-order valence-electron chi connectivity index (χ4n) is 2.59. The van der Waals surface area contributed by atoms with Gasteiger partial charge in [-0.2, -0.15) is 5.10 Å². The van der Waals surface area contributed by atoms with Crippen molar-refractivity contribution < 1.29 is 14.7 Å². The molecule has 0 saturated heterocycles. The number of aryl methyl sites for hydroxylation is 2. The molecule has 0 saturated carbocycles. The second-order valence-electron chi connectivity index (χ2n) is 5.51. The number of rotatable bonds is 4. The van der Waals surface area contributed by atoms with Crippen LogP contribution < -0.4 is 10.6 Å². The molecule has 23 heavy (non-hydrogen) atoms. The molecule has 0 aliphatic carbocycles. The average molecular weight is 314 g/mol. The number of nitrogens with zero attached hydrogens (tertiary/aromatic N) is 2. The summed E-state index contributed by atoms with van der Waals surface area (Å²) in [6.07, 6.45) is 3.27. The lowest BCUT2D eigenvalue weighted by atomic mass is 10.1. The molecule has 1 aliphatic heterocycles. The molecule has 0 bridgehead atoms. The lowest BCUT2D eigenvalue weighted by Gasteiger charge is -2.11. The number of anilines is 1. The van der Waals surface area contributed by atoms with Crippen LogP contribution in [0.4, 0.5) is 10.6 Å². The number of nitrogens with one attached hydrogen (secondary N) is 2. The summed E-state index contributed by atoms with van der Waals surface area (Å²) in [5.41, 5.74) is 2.20. The number of amides is 2. The maximum Gasteiger partial charge on any atom is 0.335 e. The first-order valence-electron chi connectivity index (χ1n) is 7.55. The van der Waals surface area contributed by atoms with Crippen LogP contribution in [0.15, 0.2) is 30.3 Å². The van der Waals surface area contributed by atoms with Crippen LogP contribution in [0.2, 0.25) is 0 Å². The number of carbonyl (C=O) groups is 2. The van der Waals surface area contributed by atoms with Gasteiger partial charge in [0.25, 0.3) is 0 Å². The summed E-state index contributed by atoms with van der Waals surface area (Å²) in [7, 11) is 0. The first kappa shape index (κ1) is 15.1. The highest BCUT2D eigenvalue weighted by molar-refractivity contribution is 5.88. The van der Waals surface area contributed by atoms with E-state index in [1.165, 1.54) is 12.1 Å². The molecule has 1 aromatic carbocycles. The van der Waals surface area contributed by atoms with Gasteiger partial charge in [-0.15, -0.1) is 0 Å². The van der Waals surface area contributed by atoms with Crippen LogP contribution >= 0.6 is 0 Å². The normalized spacial score (nSPS) is 13.2. The number of hydrogen-bond donors (Lipinski definition) is 3. The van der Waals surface area contributed by atoms with Crippen molar-refractivity contribution in [3.63, 3.8) is 0 Å². The minimum atomic E-state index is -0.967. The zero-order valence-corrected chi connectivity index (χ0v) is 12.6. The van der Waals surface area contributed by atoms with Gasteiger partial charge in [-0.1, -0.05) is 12.1 Å². The van der Waals surface area contributed by atoms with E-state index in [0.717, 1.165) is 37.1 Å². The number of benzene rings is 1. The molecule has 120 valence electrons. The molecule has 0 spiro atoms. The fraction of sp³-hybridized carbons (Fsp3) is 0.312. The van der Waals surface area contributed by atoms with Crippen molar-refractivity contribution in [2.75, 3.05) is 5.32 Å². The minimum absolute atomic E-state index is 0.224. The van der Waals surface area contributed by atoms with E-state index in [2.05, 4.69) is 15.7 Å². The van der Waals surface area contributed by atoms with Gasteiger partial charge in [0.2, 0.25) is 0 Å². The molecule has 0 fully saturated rings. The minimum Gasteiger partial charge on any atom is -0.478 e. The van der Waals surface area contributed by atoms with Gasteiger partial charge in [0.15, 0.2) is 5.82 Å². The molecule has 0 atom stereocenters. The topological polar surface area (TPSA) is 96.3 Å². The molecule has 1 aromatic heterocycles. The number of fused-ring (bicyclic) bond motifs is 1. The van der Waals surface area contributed by atoms with Crippen molar-refractivity contribution in [1.82, 2.24) is 15.1 Å². The largest absolute Gasteiger partial charge is 0.478 e. The Labute approximate surface area is 133 Å². The van der Waals surface area contributed by atoms with E-state index in [1.54, 1.807) is 12.1 Å². The Kier molecular flexibility index (Phi) is 4.27. The highest BCUT2D eigenvalue weighted by Gasteiger charge is 2.13. The molecule has 2 aromatic rings. The molecular formula is C16H18N4O3. The predicted molar refractivity (Wildman–Crippen MR) is 84.4 cm³/mol. The van der Waals surface area contributed by atoms with E-state index in [-0.39, 0.29) is 11.6 Å². The van der Waals surface area contributed by atoms with Gasteiger partial charge in [0.05, 0.1) is 5.56 Å². The van der Waals surface area contributed by atoms with Crippen LogP contribution in [0, 0.1) is 0 Å². The highest BCUT2D eigenvalue weighted by Crippen LogP contribution is 2.17. The number of carboxylic acids is 1. The van der Waals surface area contributed by atoms with Crippen LogP contribution in [0.5, 0.6) is 0 Å². The molecular weight excluding hydrogens is 296 g/mol. The third-order valence-corrected chi connectivity index (χ3v) is 3.81. The zero-order chi connectivity index (χ0) is 16.2. The Morgan fingerprint density at radius 1 is 1.22 bits per heavy atom. The van der Waals surface area contributed by atoms with E-state index in [1.807, 2.05) is 10.7 Å². The van der Waals surface area contributed by atoms with E-state index < -0.39 is 5.97 Å². The van der Waals surface area contributed by atoms with Gasteiger partial charge < -0.3 is 10.4 Å². The lowest BCUT2D eigenvalue weighted by molar-refractivity contribution is 0.0697. The van der Waals surface area contributed by atoms with Crippen LogP contribution in [0.3, 0.4) is 0 Å². The summed E-state index contributed by atoms with van der Waals surface area (Å²) in [5, 5.41) is 18.6. The van der Waals surface area contributed by atoms with Crippen molar-refractivity contribution in [3.8, 4) is 0 Å². The van der Waals surface area contributed by atoms with Crippen LogP contribution in [-0.4, -0.2) is 26.9 Å². The molecule has 3 rings (SSSR count). The van der Waals surface area contributed by atoms with Crippen molar-refractivity contribution in [2.24, 2.45) is 0 Å². The molecule has 0 unspecified atom stereocenters. The monoisotopic (exact) mass is 314 g/mol. The average Bonchev–Trinajstić information content (AvgIpc) is 2.95. The van der Waals surface area contributed by atoms with Crippen LogP contribution in [0.25, 0.3) is 0 Å². The van der Waals surface area contributed by atoms with Gasteiger partial charge >= 0.3 is 12.0 Å². The first-order chi connectivity index (χ1) is 11.1. The number of aromatic carboxylic acids is 1. The molecule has 2 amide bonds. The van der Waals surface area contributed by atoms with E-state index in [0.29, 0.717) is 12.4 Å². The van der Waals surface area contributed by atoms with Crippen LogP contribution in [0.1, 0.15) is 34.5 Å². The number of carboxylic acid groups (broad SMARTS) is 1. The standard InChI is InChI=1S/C16H18N4O3/c21-15(22)12-6-4-11(5-7-12)10-17-16(23)18-14-9-13-3-1-2-8-20(13)19-14/h4-7,9H,1-3,8,10H2,(H,21,22)(H2,17,18,19,23). The molecule has 3 N–H and O–H groups in total. The number of aromatic nitrogens is 2. The Balaban J connectivity index is 1.53. The summed E-state index contributed by atoms with van der Waals surface area (Å²) in [6, 6.07) is 7.96. The third-order valence-electron chi connectivity index (χ3n) is 3.81. The van der Waals surface area contributed by atoms with Gasteiger partial charge in [0, 0.05) is 24.8 Å². The molecule has 0 radical (unpaired) electrons. The maximum atomic E-state index is 11.9. The molecule has 7 heteroatoms. The summed E-state index contributed by atoms with van der Waals surface area (Å²) in [4.78, 5) is 22.7. The SMILES string of the molecule is O=C(NCc1ccc(C(=O)O)cc1)Nc1cc2n(n1)CCCC2. The van der Waals surface area contributed by atoms with Gasteiger partial charge in [-0.25, -0.2) is 9.59 Å². The highest BCUT2D eigenvalue weighted by atomic mass is 16.4. The third kappa shape index (κ3) is 3.68. The second-order valence-corrected chi connectivity index (χ2v) is 5.51. The lowest BCUT2D eigenvalue weighted by Crippen LogP contribution is -2.28.